The molecule has 0 radical (unpaired) electrons. The molecule has 4 aromatic carbocycles. The molecule has 8 nitrogen and oxygen atoms in total. The van der Waals surface area contributed by atoms with Crippen molar-refractivity contribution in [1.29, 1.82) is 0 Å². The fraction of sp³-hybridized carbons (Fsp3) is 0.324. The number of likely N-dealkylation sites (N-methyl/N-ethyl adjacent to an activating group) is 2. The number of nitrogens with zero attached hydrogens (tertiary/aromatic N) is 2. The van der Waals surface area contributed by atoms with Crippen molar-refractivity contribution in [1.82, 2.24) is 15.1 Å². The predicted octanol–water partition coefficient (Wildman–Crippen LogP) is 5.61. The number of hydrogen-bond acceptors (Lipinski definition) is 5. The zero-order chi connectivity index (χ0) is 32.6. The Morgan fingerprint density at radius 1 is 0.756 bits per heavy atom. The van der Waals surface area contributed by atoms with Crippen LogP contribution >= 0.6 is 0 Å². The van der Waals surface area contributed by atoms with Gasteiger partial charge in [0.2, 0.25) is 5.91 Å². The smallest absolute Gasteiger partial charge is 0.407 e. The highest BCUT2D eigenvalue weighted by molar-refractivity contribution is 5.97. The summed E-state index contributed by atoms with van der Waals surface area (Å²) in [6.45, 7) is 5.33. The largest absolute Gasteiger partial charge is 0.444 e. The van der Waals surface area contributed by atoms with Crippen LogP contribution < -0.4 is 5.32 Å². The second kappa shape index (κ2) is 14.9. The number of carbonyl (C=O) groups excluding carboxylic acids is 3. The predicted molar refractivity (Wildman–Crippen MR) is 177 cm³/mol. The number of amides is 3. The zero-order valence-electron chi connectivity index (χ0n) is 26.7. The number of aliphatic hydroxyl groups excluding tert-OH is 1. The fourth-order valence-electron chi connectivity index (χ4n) is 5.25. The normalized spacial score (nSPS) is 12.7. The Hall–Kier alpha value is -4.69. The van der Waals surface area contributed by atoms with Crippen LogP contribution in [0.25, 0.3) is 10.8 Å². The molecule has 0 bridgehead atoms. The van der Waals surface area contributed by atoms with Gasteiger partial charge in [-0.05, 0) is 66.8 Å². The van der Waals surface area contributed by atoms with Crippen LogP contribution in [0.3, 0.4) is 0 Å². The van der Waals surface area contributed by atoms with E-state index in [-0.39, 0.29) is 25.0 Å². The van der Waals surface area contributed by atoms with E-state index in [2.05, 4.69) is 5.32 Å². The Bertz CT molecular complexity index is 1620. The molecule has 4 rings (SSSR count). The monoisotopic (exact) mass is 609 g/mol. The van der Waals surface area contributed by atoms with Crippen molar-refractivity contribution in [3.63, 3.8) is 0 Å². The number of hydrogen-bond donors (Lipinski definition) is 2. The summed E-state index contributed by atoms with van der Waals surface area (Å²) in [4.78, 5) is 43.3. The maximum Gasteiger partial charge on any atom is 0.407 e. The van der Waals surface area contributed by atoms with Gasteiger partial charge in [0.25, 0.3) is 5.91 Å². The Balaban J connectivity index is 1.59. The van der Waals surface area contributed by atoms with Crippen LogP contribution in [0.15, 0.2) is 97.1 Å². The van der Waals surface area contributed by atoms with E-state index in [1.807, 2.05) is 78.9 Å². The third kappa shape index (κ3) is 9.16. The van der Waals surface area contributed by atoms with Gasteiger partial charge in [-0.2, -0.15) is 0 Å². The lowest BCUT2D eigenvalue weighted by molar-refractivity contribution is -0.137. The molecule has 0 aliphatic rings. The van der Waals surface area contributed by atoms with E-state index in [0.717, 1.165) is 27.5 Å². The van der Waals surface area contributed by atoms with Crippen molar-refractivity contribution in [2.24, 2.45) is 0 Å². The van der Waals surface area contributed by atoms with Crippen molar-refractivity contribution in [3.05, 3.63) is 119 Å². The summed E-state index contributed by atoms with van der Waals surface area (Å²) in [5.41, 5.74) is 2.41. The molecule has 8 heteroatoms. The van der Waals surface area contributed by atoms with E-state index in [1.54, 1.807) is 58.0 Å². The Labute approximate surface area is 265 Å². The molecule has 0 unspecified atom stereocenters. The maximum absolute atomic E-state index is 14.2. The Kier molecular flexibility index (Phi) is 11.0. The molecule has 0 spiro atoms. The summed E-state index contributed by atoms with van der Waals surface area (Å²) in [6, 6.07) is 29.4. The fourth-order valence-corrected chi connectivity index (χ4v) is 5.25. The lowest BCUT2D eigenvalue weighted by Crippen LogP contribution is -2.53. The molecule has 0 fully saturated rings. The number of rotatable bonds is 11. The summed E-state index contributed by atoms with van der Waals surface area (Å²) in [7, 11) is 3.32. The highest BCUT2D eigenvalue weighted by Gasteiger charge is 2.33. The zero-order valence-corrected chi connectivity index (χ0v) is 26.7. The molecule has 0 heterocycles. The first-order valence-electron chi connectivity index (χ1n) is 15.2. The van der Waals surface area contributed by atoms with Gasteiger partial charge in [0, 0.05) is 32.6 Å². The van der Waals surface area contributed by atoms with Crippen LogP contribution in [0.2, 0.25) is 0 Å². The molecule has 45 heavy (non-hydrogen) atoms. The molecule has 0 saturated carbocycles. The number of benzene rings is 4. The first kappa shape index (κ1) is 33.2. The van der Waals surface area contributed by atoms with Crippen molar-refractivity contribution in [3.8, 4) is 0 Å². The number of alkyl carbamates (subject to hydrolysis) is 1. The van der Waals surface area contributed by atoms with Crippen LogP contribution in [0.4, 0.5) is 4.79 Å². The molecule has 3 amide bonds. The van der Waals surface area contributed by atoms with E-state index in [1.165, 1.54) is 4.90 Å². The third-order valence-corrected chi connectivity index (χ3v) is 7.75. The van der Waals surface area contributed by atoms with Crippen LogP contribution in [0.1, 0.15) is 47.8 Å². The van der Waals surface area contributed by atoms with E-state index >= 15 is 0 Å². The quantitative estimate of drug-likeness (QED) is 0.230. The topological polar surface area (TPSA) is 99.2 Å². The molecule has 2 atom stereocenters. The number of nitrogens with one attached hydrogen (secondary N) is 1. The van der Waals surface area contributed by atoms with Crippen molar-refractivity contribution < 1.29 is 24.2 Å². The van der Waals surface area contributed by atoms with Crippen molar-refractivity contribution in [2.75, 3.05) is 20.7 Å². The van der Waals surface area contributed by atoms with Crippen LogP contribution in [0.5, 0.6) is 0 Å². The summed E-state index contributed by atoms with van der Waals surface area (Å²) in [6.07, 6.45) is 0.223. The van der Waals surface area contributed by atoms with Gasteiger partial charge in [-0.25, -0.2) is 4.79 Å². The van der Waals surface area contributed by atoms with Gasteiger partial charge in [0.15, 0.2) is 0 Å². The van der Waals surface area contributed by atoms with Gasteiger partial charge in [-0.15, -0.1) is 0 Å². The van der Waals surface area contributed by atoms with Crippen molar-refractivity contribution in [2.45, 2.75) is 57.8 Å². The number of aliphatic hydroxyl groups is 1. The van der Waals surface area contributed by atoms with E-state index in [0.29, 0.717) is 18.4 Å². The Morgan fingerprint density at radius 2 is 1.42 bits per heavy atom. The summed E-state index contributed by atoms with van der Waals surface area (Å²) < 4.78 is 5.32. The van der Waals surface area contributed by atoms with Gasteiger partial charge < -0.3 is 25.0 Å². The lowest BCUT2D eigenvalue weighted by Gasteiger charge is -2.34. The van der Waals surface area contributed by atoms with Crippen LogP contribution in [0, 0.1) is 0 Å². The van der Waals surface area contributed by atoms with Crippen LogP contribution in [-0.2, 0) is 28.9 Å². The molecule has 0 aromatic heterocycles. The highest BCUT2D eigenvalue weighted by atomic mass is 16.6. The first-order chi connectivity index (χ1) is 21.4. The van der Waals surface area contributed by atoms with Gasteiger partial charge in [-0.1, -0.05) is 84.9 Å². The lowest BCUT2D eigenvalue weighted by atomic mass is 9.98. The highest BCUT2D eigenvalue weighted by Crippen LogP contribution is 2.21. The van der Waals surface area contributed by atoms with Crippen molar-refractivity contribution >= 4 is 28.7 Å². The molecule has 0 aliphatic heterocycles. The van der Waals surface area contributed by atoms with Gasteiger partial charge in [0.1, 0.15) is 11.6 Å². The molecule has 0 saturated heterocycles. The minimum absolute atomic E-state index is 0.180. The second-order valence-electron chi connectivity index (χ2n) is 12.3. The molecular formula is C37H43N3O5. The average Bonchev–Trinajstić information content (AvgIpc) is 3.03. The van der Waals surface area contributed by atoms with E-state index < -0.39 is 23.8 Å². The SMILES string of the molecule is CN(C(=O)[C@@H](Cc1ccc2ccccc2c1)N(C)C(=O)c1cccc(CNC(=O)OC(C)(C)C)c1)[C@@H](CO)Cc1ccccc1. The molecule has 236 valence electrons. The molecular weight excluding hydrogens is 566 g/mol. The number of fused-ring (bicyclic) bond motifs is 1. The minimum Gasteiger partial charge on any atom is -0.444 e. The number of ether oxygens (including phenoxy) is 1. The van der Waals surface area contributed by atoms with E-state index in [9.17, 15) is 19.5 Å². The van der Waals surface area contributed by atoms with Crippen LogP contribution in [-0.4, -0.2) is 71.2 Å². The summed E-state index contributed by atoms with van der Waals surface area (Å²) >= 11 is 0. The van der Waals surface area contributed by atoms with Gasteiger partial charge in [-0.3, -0.25) is 9.59 Å². The minimum atomic E-state index is -0.836. The molecule has 0 aliphatic carbocycles. The third-order valence-electron chi connectivity index (χ3n) is 7.75. The van der Waals surface area contributed by atoms with Gasteiger partial charge >= 0.3 is 6.09 Å². The molecule has 2 N–H and O–H groups in total. The maximum atomic E-state index is 14.2. The first-order valence-corrected chi connectivity index (χ1v) is 15.2. The van der Waals surface area contributed by atoms with E-state index in [4.69, 9.17) is 4.74 Å². The standard InChI is InChI=1S/C37H43N3O5/c1-37(2,3)45-36(44)38-24-28-14-11-17-31(21-28)34(42)40(5)33(23-27-18-19-29-15-9-10-16-30(29)20-27)35(43)39(4)32(25-41)22-26-12-7-6-8-13-26/h6-21,32-33,41H,22-25H2,1-5H3,(H,38,44)/t32-,33-/m1/s1. The summed E-state index contributed by atoms with van der Waals surface area (Å²) in [5.74, 6) is -0.595. The summed E-state index contributed by atoms with van der Waals surface area (Å²) in [5, 5.41) is 15.1. The van der Waals surface area contributed by atoms with Gasteiger partial charge in [0.05, 0.1) is 12.6 Å². The molecule has 4 aromatic rings. The second-order valence-corrected chi connectivity index (χ2v) is 12.3. The number of carbonyl (C=O) groups is 3. The average molecular weight is 610 g/mol. The Morgan fingerprint density at radius 3 is 2.11 bits per heavy atom.